The van der Waals surface area contributed by atoms with Crippen molar-refractivity contribution < 1.29 is 9.53 Å². The molecule has 0 aliphatic carbocycles. The lowest BCUT2D eigenvalue weighted by Gasteiger charge is -2.41. The first-order valence-corrected chi connectivity index (χ1v) is 16.2. The second-order valence-electron chi connectivity index (χ2n) is 11.5. The smallest absolute Gasteiger partial charge is 0.225 e. The summed E-state index contributed by atoms with van der Waals surface area (Å²) in [7, 11) is 0. The van der Waals surface area contributed by atoms with Crippen LogP contribution in [-0.2, 0) is 11.3 Å². The molecule has 3 saturated heterocycles. The van der Waals surface area contributed by atoms with E-state index >= 15 is 0 Å². The summed E-state index contributed by atoms with van der Waals surface area (Å²) in [5.74, 6) is 1.38. The molecular formula is C31H43N7O2S. The Morgan fingerprint density at radius 1 is 0.927 bits per heavy atom. The molecule has 0 saturated carbocycles. The standard InChI is InChI=1S/C31H43N7O2S/c1-2-40-28-10-8-25(9-11-28)32-23-27-7-6-18-38(27)31-34-33-30(41-31)37-19-12-24(13-20-37)29(39)36-21-14-26(15-22-36)35-16-4-3-5-17-35/h6-11,18,24,26,32H,2-5,12-17,19-23H2,1H3. The summed E-state index contributed by atoms with van der Waals surface area (Å²) >= 11 is 1.61. The fourth-order valence-corrected chi connectivity index (χ4v) is 7.43. The van der Waals surface area contributed by atoms with E-state index in [1.54, 1.807) is 11.3 Å². The van der Waals surface area contributed by atoms with Crippen molar-refractivity contribution in [2.24, 2.45) is 5.92 Å². The summed E-state index contributed by atoms with van der Waals surface area (Å²) in [5, 5.41) is 14.3. The molecule has 0 atom stereocenters. The molecule has 1 amide bonds. The van der Waals surface area contributed by atoms with Crippen LogP contribution < -0.4 is 15.0 Å². The minimum Gasteiger partial charge on any atom is -0.494 e. The SMILES string of the molecule is CCOc1ccc(NCc2cccn2-c2nnc(N3CCC(C(=O)N4CCC(N5CCCCC5)CC4)CC3)s2)cc1. The number of hydrogen-bond donors (Lipinski definition) is 1. The number of nitrogens with one attached hydrogen (secondary N) is 1. The number of carbonyl (C=O) groups is 1. The highest BCUT2D eigenvalue weighted by Gasteiger charge is 2.33. The number of hydrogen-bond acceptors (Lipinski definition) is 8. The van der Waals surface area contributed by atoms with Crippen molar-refractivity contribution in [1.29, 1.82) is 0 Å². The third kappa shape index (κ3) is 6.70. The van der Waals surface area contributed by atoms with Crippen molar-refractivity contribution in [2.45, 2.75) is 64.5 Å². The fourth-order valence-electron chi connectivity index (χ4n) is 6.52. The van der Waals surface area contributed by atoms with Gasteiger partial charge in [0.15, 0.2) is 0 Å². The van der Waals surface area contributed by atoms with Crippen LogP contribution in [-0.4, -0.2) is 82.4 Å². The predicted octanol–water partition coefficient (Wildman–Crippen LogP) is 5.03. The molecule has 10 heteroatoms. The molecule has 6 rings (SSSR count). The highest BCUT2D eigenvalue weighted by atomic mass is 32.1. The van der Waals surface area contributed by atoms with Gasteiger partial charge in [-0.25, -0.2) is 0 Å². The van der Waals surface area contributed by atoms with E-state index in [2.05, 4.69) is 40.8 Å². The van der Waals surface area contributed by atoms with E-state index in [1.807, 2.05) is 43.5 Å². The van der Waals surface area contributed by atoms with Gasteiger partial charge in [-0.2, -0.15) is 0 Å². The van der Waals surface area contributed by atoms with Gasteiger partial charge in [-0.05, 0) is 94.9 Å². The second kappa shape index (κ2) is 13.2. The average Bonchev–Trinajstić information content (AvgIpc) is 3.71. The van der Waals surface area contributed by atoms with Crippen molar-refractivity contribution in [2.75, 3.05) is 56.1 Å². The van der Waals surface area contributed by atoms with Gasteiger partial charge in [0.25, 0.3) is 0 Å². The number of likely N-dealkylation sites (tertiary alicyclic amines) is 2. The number of anilines is 2. The largest absolute Gasteiger partial charge is 0.494 e. The van der Waals surface area contributed by atoms with Crippen LogP contribution in [0, 0.1) is 5.92 Å². The van der Waals surface area contributed by atoms with Gasteiger partial charge in [0.1, 0.15) is 5.75 Å². The quantitative estimate of drug-likeness (QED) is 0.382. The Bertz CT molecular complexity index is 1250. The van der Waals surface area contributed by atoms with Crippen LogP contribution in [0.1, 0.15) is 57.6 Å². The molecule has 3 fully saturated rings. The molecule has 3 aliphatic rings. The van der Waals surface area contributed by atoms with Gasteiger partial charge < -0.3 is 24.8 Å². The Kier molecular flexibility index (Phi) is 9.06. The molecule has 1 N–H and O–H groups in total. The lowest BCUT2D eigenvalue weighted by atomic mass is 9.93. The highest BCUT2D eigenvalue weighted by Crippen LogP contribution is 2.30. The molecule has 2 aromatic heterocycles. The molecule has 3 aromatic rings. The van der Waals surface area contributed by atoms with E-state index in [-0.39, 0.29) is 5.92 Å². The number of aromatic nitrogens is 3. The molecule has 0 radical (unpaired) electrons. The van der Waals surface area contributed by atoms with E-state index in [0.29, 0.717) is 25.1 Å². The van der Waals surface area contributed by atoms with Gasteiger partial charge in [0.2, 0.25) is 16.2 Å². The van der Waals surface area contributed by atoms with Crippen LogP contribution in [0.3, 0.4) is 0 Å². The zero-order valence-corrected chi connectivity index (χ0v) is 25.0. The lowest BCUT2D eigenvalue weighted by molar-refractivity contribution is -0.137. The number of amides is 1. The predicted molar refractivity (Wildman–Crippen MR) is 164 cm³/mol. The maximum Gasteiger partial charge on any atom is 0.225 e. The Morgan fingerprint density at radius 3 is 2.39 bits per heavy atom. The Morgan fingerprint density at radius 2 is 1.66 bits per heavy atom. The molecule has 5 heterocycles. The third-order valence-electron chi connectivity index (χ3n) is 8.88. The number of ether oxygens (including phenoxy) is 1. The molecule has 3 aliphatic heterocycles. The van der Waals surface area contributed by atoms with Crippen molar-refractivity contribution in [1.82, 2.24) is 24.6 Å². The van der Waals surface area contributed by atoms with Gasteiger partial charge in [0.05, 0.1) is 13.2 Å². The van der Waals surface area contributed by atoms with Gasteiger partial charge in [-0.15, -0.1) is 10.2 Å². The maximum absolute atomic E-state index is 13.3. The molecule has 0 spiro atoms. The van der Waals surface area contributed by atoms with Crippen LogP contribution in [0.15, 0.2) is 42.6 Å². The van der Waals surface area contributed by atoms with E-state index in [0.717, 1.165) is 79.3 Å². The topological polar surface area (TPSA) is 78.8 Å². The van der Waals surface area contributed by atoms with Crippen LogP contribution >= 0.6 is 11.3 Å². The van der Waals surface area contributed by atoms with E-state index < -0.39 is 0 Å². The first-order valence-electron chi connectivity index (χ1n) is 15.4. The summed E-state index contributed by atoms with van der Waals surface area (Å²) in [5.41, 5.74) is 2.16. The van der Waals surface area contributed by atoms with E-state index in [1.165, 1.54) is 32.4 Å². The number of carbonyl (C=O) groups excluding carboxylic acids is 1. The van der Waals surface area contributed by atoms with Crippen molar-refractivity contribution in [3.05, 3.63) is 48.3 Å². The maximum atomic E-state index is 13.3. The van der Waals surface area contributed by atoms with Crippen LogP contribution in [0.2, 0.25) is 0 Å². The van der Waals surface area contributed by atoms with Crippen molar-refractivity contribution in [3.8, 4) is 10.9 Å². The van der Waals surface area contributed by atoms with Gasteiger partial charge in [0, 0.05) is 55.7 Å². The van der Waals surface area contributed by atoms with Crippen LogP contribution in [0.4, 0.5) is 10.8 Å². The van der Waals surface area contributed by atoms with Gasteiger partial charge in [-0.3, -0.25) is 9.36 Å². The minimum atomic E-state index is 0.134. The molecule has 0 unspecified atom stereocenters. The normalized spacial score (nSPS) is 19.4. The van der Waals surface area contributed by atoms with Crippen molar-refractivity contribution >= 4 is 28.1 Å². The molecule has 0 bridgehead atoms. The summed E-state index contributed by atoms with van der Waals surface area (Å²) in [6.07, 6.45) is 10.1. The number of rotatable bonds is 9. The third-order valence-corrected chi connectivity index (χ3v) is 9.86. The summed E-state index contributed by atoms with van der Waals surface area (Å²) in [4.78, 5) is 20.5. The Labute approximate surface area is 247 Å². The average molecular weight is 578 g/mol. The Hall–Kier alpha value is -3.11. The van der Waals surface area contributed by atoms with Crippen molar-refractivity contribution in [3.63, 3.8) is 0 Å². The Balaban J connectivity index is 0.985. The zero-order valence-electron chi connectivity index (χ0n) is 24.2. The number of piperidine rings is 3. The summed E-state index contributed by atoms with van der Waals surface area (Å²) in [6, 6.07) is 12.9. The fraction of sp³-hybridized carbons (Fsp3) is 0.581. The lowest BCUT2D eigenvalue weighted by Crippen LogP contribution is -2.50. The monoisotopic (exact) mass is 577 g/mol. The molecule has 41 heavy (non-hydrogen) atoms. The van der Waals surface area contributed by atoms with Crippen LogP contribution in [0.5, 0.6) is 5.75 Å². The molecule has 1 aromatic carbocycles. The first-order chi connectivity index (χ1) is 20.2. The summed E-state index contributed by atoms with van der Waals surface area (Å²) < 4.78 is 7.64. The van der Waals surface area contributed by atoms with E-state index in [9.17, 15) is 4.79 Å². The second-order valence-corrected chi connectivity index (χ2v) is 12.4. The number of benzene rings is 1. The molecular weight excluding hydrogens is 534 g/mol. The van der Waals surface area contributed by atoms with Crippen LogP contribution in [0.25, 0.3) is 5.13 Å². The number of nitrogens with zero attached hydrogens (tertiary/aromatic N) is 6. The zero-order chi connectivity index (χ0) is 28.0. The highest BCUT2D eigenvalue weighted by molar-refractivity contribution is 7.17. The summed E-state index contributed by atoms with van der Waals surface area (Å²) in [6.45, 7) is 9.38. The molecule has 9 nitrogen and oxygen atoms in total. The first kappa shape index (κ1) is 28.0. The minimum absolute atomic E-state index is 0.134. The molecule has 220 valence electrons. The van der Waals surface area contributed by atoms with Gasteiger partial charge in [-0.1, -0.05) is 17.8 Å². The van der Waals surface area contributed by atoms with Gasteiger partial charge >= 0.3 is 0 Å². The van der Waals surface area contributed by atoms with E-state index in [4.69, 9.17) is 4.74 Å².